The van der Waals surface area contributed by atoms with Gasteiger partial charge in [-0.2, -0.15) is 13.2 Å². The van der Waals surface area contributed by atoms with E-state index in [0.29, 0.717) is 40.4 Å². The predicted molar refractivity (Wildman–Crippen MR) is 122 cm³/mol. The molecule has 34 heavy (non-hydrogen) atoms. The summed E-state index contributed by atoms with van der Waals surface area (Å²) in [4.78, 5) is 11.6. The Morgan fingerprint density at radius 1 is 0.912 bits per heavy atom. The predicted octanol–water partition coefficient (Wildman–Crippen LogP) is 5.82. The standard InChI is InChI=1S/C23H15ClF3N3O3S/c24-17-8-10-18(11-9-17)30-21(15-4-2-1-3-5-15)20(14-31)22(28-30)29-34(32,33)19-12-6-16(7-13-19)23(25,26)27/h1-14H,(H,28,29). The van der Waals surface area contributed by atoms with E-state index < -0.39 is 26.7 Å². The van der Waals surface area contributed by atoms with Crippen LogP contribution in [0.4, 0.5) is 19.0 Å². The van der Waals surface area contributed by atoms with Crippen LogP contribution in [0.5, 0.6) is 0 Å². The molecule has 1 aromatic heterocycles. The fourth-order valence-corrected chi connectivity index (χ4v) is 4.41. The van der Waals surface area contributed by atoms with E-state index in [4.69, 9.17) is 11.6 Å². The molecule has 0 saturated carbocycles. The summed E-state index contributed by atoms with van der Waals surface area (Å²) < 4.78 is 67.9. The second-order valence-corrected chi connectivity index (χ2v) is 9.23. The molecule has 3 aromatic carbocycles. The summed E-state index contributed by atoms with van der Waals surface area (Å²) in [5.41, 5.74) is 0.386. The molecule has 0 fully saturated rings. The Hall–Kier alpha value is -3.63. The van der Waals surface area contributed by atoms with Crippen molar-refractivity contribution in [1.29, 1.82) is 0 Å². The highest BCUT2D eigenvalue weighted by molar-refractivity contribution is 7.92. The monoisotopic (exact) mass is 505 g/mol. The number of rotatable bonds is 6. The van der Waals surface area contributed by atoms with Gasteiger partial charge in [-0.3, -0.25) is 9.52 Å². The second kappa shape index (κ2) is 8.96. The molecule has 0 saturated heterocycles. The fraction of sp³-hybridized carbons (Fsp3) is 0.0435. The van der Waals surface area contributed by atoms with E-state index in [0.717, 1.165) is 12.1 Å². The van der Waals surface area contributed by atoms with Crippen LogP contribution in [0, 0.1) is 0 Å². The minimum Gasteiger partial charge on any atom is -0.298 e. The number of benzene rings is 3. The highest BCUT2D eigenvalue weighted by atomic mass is 35.5. The van der Waals surface area contributed by atoms with Crippen LogP contribution in [-0.4, -0.2) is 24.5 Å². The van der Waals surface area contributed by atoms with Gasteiger partial charge in [-0.05, 0) is 48.5 Å². The SMILES string of the molecule is O=Cc1c(NS(=O)(=O)c2ccc(C(F)(F)F)cc2)nn(-c2ccc(Cl)cc2)c1-c1ccccc1. The lowest BCUT2D eigenvalue weighted by molar-refractivity contribution is -0.137. The van der Waals surface area contributed by atoms with E-state index in [1.807, 2.05) is 0 Å². The van der Waals surface area contributed by atoms with Gasteiger partial charge in [0.1, 0.15) is 0 Å². The number of anilines is 1. The van der Waals surface area contributed by atoms with Gasteiger partial charge < -0.3 is 0 Å². The largest absolute Gasteiger partial charge is 0.416 e. The lowest BCUT2D eigenvalue weighted by Crippen LogP contribution is -2.15. The van der Waals surface area contributed by atoms with Crippen LogP contribution in [-0.2, 0) is 16.2 Å². The average Bonchev–Trinajstić information content (AvgIpc) is 3.17. The number of carbonyl (C=O) groups is 1. The lowest BCUT2D eigenvalue weighted by atomic mass is 10.1. The number of nitrogens with one attached hydrogen (secondary N) is 1. The Morgan fingerprint density at radius 3 is 2.09 bits per heavy atom. The van der Waals surface area contributed by atoms with E-state index in [2.05, 4.69) is 9.82 Å². The normalized spacial score (nSPS) is 11.9. The number of aromatic nitrogens is 2. The number of hydrogen-bond donors (Lipinski definition) is 1. The highest BCUT2D eigenvalue weighted by Crippen LogP contribution is 2.33. The molecular formula is C23H15ClF3N3O3S. The summed E-state index contributed by atoms with van der Waals surface area (Å²) in [7, 11) is -4.36. The number of alkyl halides is 3. The zero-order chi connectivity index (χ0) is 24.5. The minimum absolute atomic E-state index is 0.0448. The van der Waals surface area contributed by atoms with Crippen molar-refractivity contribution < 1.29 is 26.4 Å². The lowest BCUT2D eigenvalue weighted by Gasteiger charge is -2.09. The van der Waals surface area contributed by atoms with Gasteiger partial charge in [0.2, 0.25) is 0 Å². The van der Waals surface area contributed by atoms with Crippen LogP contribution in [0.25, 0.3) is 16.9 Å². The van der Waals surface area contributed by atoms with Gasteiger partial charge in [0, 0.05) is 10.6 Å². The van der Waals surface area contributed by atoms with Crippen LogP contribution >= 0.6 is 11.6 Å². The molecule has 174 valence electrons. The molecule has 0 amide bonds. The Kier molecular flexibility index (Phi) is 6.20. The van der Waals surface area contributed by atoms with E-state index in [9.17, 15) is 26.4 Å². The Morgan fingerprint density at radius 2 is 1.53 bits per heavy atom. The molecule has 0 bridgehead atoms. The van der Waals surface area contributed by atoms with Gasteiger partial charge in [-0.15, -0.1) is 5.10 Å². The zero-order valence-corrected chi connectivity index (χ0v) is 18.7. The molecule has 0 aliphatic rings. The van der Waals surface area contributed by atoms with Crippen molar-refractivity contribution >= 4 is 33.7 Å². The number of sulfonamides is 1. The summed E-state index contributed by atoms with van der Waals surface area (Å²) in [5, 5.41) is 4.77. The van der Waals surface area contributed by atoms with Crippen LogP contribution in [0.3, 0.4) is 0 Å². The van der Waals surface area contributed by atoms with E-state index >= 15 is 0 Å². The minimum atomic E-state index is -4.61. The molecule has 6 nitrogen and oxygen atoms in total. The smallest absolute Gasteiger partial charge is 0.298 e. The van der Waals surface area contributed by atoms with Crippen molar-refractivity contribution in [3.8, 4) is 16.9 Å². The molecule has 0 atom stereocenters. The van der Waals surface area contributed by atoms with Gasteiger partial charge >= 0.3 is 6.18 Å². The quantitative estimate of drug-likeness (QED) is 0.335. The van der Waals surface area contributed by atoms with Crippen LogP contribution in [0.2, 0.25) is 5.02 Å². The second-order valence-electron chi connectivity index (χ2n) is 7.11. The summed E-state index contributed by atoms with van der Waals surface area (Å²) >= 11 is 5.97. The number of halogens is 4. The fourth-order valence-electron chi connectivity index (χ4n) is 3.27. The van der Waals surface area contributed by atoms with Crippen molar-refractivity contribution in [1.82, 2.24) is 9.78 Å². The van der Waals surface area contributed by atoms with Gasteiger partial charge in [0.25, 0.3) is 10.0 Å². The first-order valence-electron chi connectivity index (χ1n) is 9.70. The molecule has 1 N–H and O–H groups in total. The van der Waals surface area contributed by atoms with Gasteiger partial charge in [-0.1, -0.05) is 41.9 Å². The molecule has 0 aliphatic heterocycles. The summed E-state index contributed by atoms with van der Waals surface area (Å²) in [5.74, 6) is -0.274. The maximum Gasteiger partial charge on any atom is 0.416 e. The molecule has 4 rings (SSSR count). The Balaban J connectivity index is 1.82. The van der Waals surface area contributed by atoms with Gasteiger partial charge in [-0.25, -0.2) is 13.1 Å². The first-order valence-corrected chi connectivity index (χ1v) is 11.6. The number of carbonyl (C=O) groups excluding carboxylic acids is 1. The summed E-state index contributed by atoms with van der Waals surface area (Å²) in [6.45, 7) is 0. The van der Waals surface area contributed by atoms with Crippen LogP contribution < -0.4 is 4.72 Å². The third-order valence-electron chi connectivity index (χ3n) is 4.88. The van der Waals surface area contributed by atoms with Crippen molar-refractivity contribution in [2.24, 2.45) is 0 Å². The Bertz CT molecular complexity index is 1440. The third kappa shape index (κ3) is 4.68. The van der Waals surface area contributed by atoms with Crippen LogP contribution in [0.15, 0.2) is 83.8 Å². The van der Waals surface area contributed by atoms with Crippen LogP contribution in [0.1, 0.15) is 15.9 Å². The van der Waals surface area contributed by atoms with Crippen molar-refractivity contribution in [3.63, 3.8) is 0 Å². The molecule has 0 radical (unpaired) electrons. The van der Waals surface area contributed by atoms with Crippen molar-refractivity contribution in [2.75, 3.05) is 4.72 Å². The first-order chi connectivity index (χ1) is 16.1. The van der Waals surface area contributed by atoms with Crippen molar-refractivity contribution in [3.05, 3.63) is 95.0 Å². The maximum atomic E-state index is 12.9. The van der Waals surface area contributed by atoms with Crippen molar-refractivity contribution in [2.45, 2.75) is 11.1 Å². The van der Waals surface area contributed by atoms with Gasteiger partial charge in [0.05, 0.1) is 27.4 Å². The summed E-state index contributed by atoms with van der Waals surface area (Å²) in [6, 6.07) is 18.2. The molecule has 0 spiro atoms. The van der Waals surface area contributed by atoms with E-state index in [-0.39, 0.29) is 11.4 Å². The van der Waals surface area contributed by atoms with E-state index in [1.165, 1.54) is 4.68 Å². The zero-order valence-electron chi connectivity index (χ0n) is 17.1. The third-order valence-corrected chi connectivity index (χ3v) is 6.49. The topological polar surface area (TPSA) is 81.1 Å². The molecular weight excluding hydrogens is 491 g/mol. The summed E-state index contributed by atoms with van der Waals surface area (Å²) in [6.07, 6.45) is -4.14. The number of hydrogen-bond acceptors (Lipinski definition) is 4. The van der Waals surface area contributed by atoms with Gasteiger partial charge in [0.15, 0.2) is 12.1 Å². The molecule has 1 heterocycles. The maximum absolute atomic E-state index is 12.9. The molecule has 0 unspecified atom stereocenters. The molecule has 4 aromatic rings. The number of nitrogens with zero attached hydrogens (tertiary/aromatic N) is 2. The molecule has 0 aliphatic carbocycles. The first kappa shape index (κ1) is 23.5. The Labute approximate surface area is 197 Å². The number of aldehydes is 1. The van der Waals surface area contributed by atoms with E-state index in [1.54, 1.807) is 54.6 Å². The highest BCUT2D eigenvalue weighted by Gasteiger charge is 2.31. The average molecular weight is 506 g/mol. The molecule has 11 heteroatoms.